The van der Waals surface area contributed by atoms with Crippen molar-refractivity contribution in [3.05, 3.63) is 95.1 Å². The molecule has 0 amide bonds. The predicted molar refractivity (Wildman–Crippen MR) is 138 cm³/mol. The third kappa shape index (κ3) is 3.12. The van der Waals surface area contributed by atoms with E-state index in [0.717, 1.165) is 5.56 Å². The monoisotopic (exact) mass is 515 g/mol. The van der Waals surface area contributed by atoms with Gasteiger partial charge in [-0.3, -0.25) is 0 Å². The Labute approximate surface area is 220 Å². The van der Waals surface area contributed by atoms with Gasteiger partial charge in [-0.05, 0) is 30.2 Å². The average molecular weight is 516 g/mol. The molecule has 3 aromatic carbocycles. The molecule has 0 saturated heterocycles. The number of aliphatic hydroxyl groups is 2. The number of aryl methyl sites for hydroxylation is 1. The first-order valence-corrected chi connectivity index (χ1v) is 12.3. The summed E-state index contributed by atoms with van der Waals surface area (Å²) in [5.74, 6) is 1.63. The van der Waals surface area contributed by atoms with E-state index in [2.05, 4.69) is 15.2 Å². The summed E-state index contributed by atoms with van der Waals surface area (Å²) in [4.78, 5) is 3.19. The molecule has 9 heteroatoms. The van der Waals surface area contributed by atoms with Crippen LogP contribution in [-0.2, 0) is 11.2 Å². The normalized spacial score (nSPS) is 27.4. The van der Waals surface area contributed by atoms with Crippen molar-refractivity contribution < 1.29 is 29.2 Å². The van der Waals surface area contributed by atoms with Gasteiger partial charge >= 0.3 is 0 Å². The van der Waals surface area contributed by atoms with Crippen molar-refractivity contribution in [1.29, 1.82) is 0 Å². The number of rotatable bonds is 6. The molecular weight excluding hydrogens is 486 g/mol. The molecule has 6 rings (SSSR count). The average Bonchev–Trinajstić information content (AvgIpc) is 3.55. The maximum Gasteiger partial charge on any atom is 0.177 e. The number of benzene rings is 3. The number of hydrogen-bond donors (Lipinski definition) is 3. The molecular formula is C29H29N3O6. The maximum atomic E-state index is 12.9. The highest BCUT2D eigenvalue weighted by molar-refractivity contribution is 5.63. The number of H-pyrrole nitrogens is 1. The molecule has 1 aliphatic heterocycles. The van der Waals surface area contributed by atoms with Crippen LogP contribution < -0.4 is 18.9 Å². The van der Waals surface area contributed by atoms with Crippen LogP contribution in [0.3, 0.4) is 0 Å². The van der Waals surface area contributed by atoms with Gasteiger partial charge in [-0.2, -0.15) is 0 Å². The van der Waals surface area contributed by atoms with Crippen molar-refractivity contribution in [2.75, 3.05) is 21.3 Å². The second-order valence-electron chi connectivity index (χ2n) is 9.69. The molecule has 2 heterocycles. The van der Waals surface area contributed by atoms with Gasteiger partial charge in [0.05, 0.1) is 32.8 Å². The van der Waals surface area contributed by atoms with E-state index in [1.54, 1.807) is 33.3 Å². The van der Waals surface area contributed by atoms with Gasteiger partial charge in [-0.15, -0.1) is 10.2 Å². The first-order chi connectivity index (χ1) is 18.4. The Bertz CT molecular complexity index is 1470. The number of ether oxygens (including phenoxy) is 4. The first kappa shape index (κ1) is 24.3. The minimum Gasteiger partial charge on any atom is -0.497 e. The fourth-order valence-electron chi connectivity index (χ4n) is 6.32. The number of methoxy groups -OCH3 is 3. The summed E-state index contributed by atoms with van der Waals surface area (Å²) in [5, 5.41) is 33.7. The molecule has 0 bridgehead atoms. The molecule has 1 saturated carbocycles. The van der Waals surface area contributed by atoms with Crippen molar-refractivity contribution in [1.82, 2.24) is 15.2 Å². The van der Waals surface area contributed by atoms with Crippen LogP contribution in [-0.4, -0.2) is 52.8 Å². The number of nitrogens with one attached hydrogen (secondary N) is 1. The minimum absolute atomic E-state index is 0.345. The number of nitrogens with zero attached hydrogens (tertiary/aromatic N) is 2. The molecule has 38 heavy (non-hydrogen) atoms. The van der Waals surface area contributed by atoms with Crippen molar-refractivity contribution >= 4 is 0 Å². The third-order valence-electron chi connectivity index (χ3n) is 7.89. The molecule has 2 aliphatic rings. The fraction of sp³-hybridized carbons (Fsp3) is 0.310. The second-order valence-corrected chi connectivity index (χ2v) is 9.69. The van der Waals surface area contributed by atoms with E-state index >= 15 is 0 Å². The molecule has 9 nitrogen and oxygen atoms in total. The highest BCUT2D eigenvalue weighted by Gasteiger charge is 2.77. The lowest BCUT2D eigenvalue weighted by molar-refractivity contribution is -0.150. The zero-order valence-electron chi connectivity index (χ0n) is 21.5. The Balaban J connectivity index is 1.71. The SMILES string of the molecule is COc1ccc(C23Oc4cc(OC)cc(OC)c4C2(O)C(O)C(c2nnc(C)[nH]2)C3c2ccccc2)cc1. The summed E-state index contributed by atoms with van der Waals surface area (Å²) >= 11 is 0. The molecule has 5 atom stereocenters. The highest BCUT2D eigenvalue weighted by Crippen LogP contribution is 2.71. The van der Waals surface area contributed by atoms with E-state index in [4.69, 9.17) is 18.9 Å². The molecule has 196 valence electrons. The number of aliphatic hydroxyl groups excluding tert-OH is 1. The van der Waals surface area contributed by atoms with Gasteiger partial charge in [0.25, 0.3) is 0 Å². The summed E-state index contributed by atoms with van der Waals surface area (Å²) in [5.41, 5.74) is -1.56. The van der Waals surface area contributed by atoms with Crippen LogP contribution in [0.25, 0.3) is 0 Å². The Hall–Kier alpha value is -4.08. The predicted octanol–water partition coefficient (Wildman–Crippen LogP) is 3.56. The van der Waals surface area contributed by atoms with E-state index in [9.17, 15) is 10.2 Å². The van der Waals surface area contributed by atoms with Crippen molar-refractivity contribution in [3.63, 3.8) is 0 Å². The lowest BCUT2D eigenvalue weighted by Crippen LogP contribution is -2.52. The molecule has 5 unspecified atom stereocenters. The Kier molecular flexibility index (Phi) is 5.59. The summed E-state index contributed by atoms with van der Waals surface area (Å²) in [7, 11) is 4.66. The van der Waals surface area contributed by atoms with E-state index < -0.39 is 29.1 Å². The van der Waals surface area contributed by atoms with E-state index in [0.29, 0.717) is 45.8 Å². The minimum atomic E-state index is -1.94. The smallest absolute Gasteiger partial charge is 0.177 e. The highest BCUT2D eigenvalue weighted by atomic mass is 16.5. The zero-order valence-corrected chi connectivity index (χ0v) is 21.5. The lowest BCUT2D eigenvalue weighted by atomic mass is 9.70. The van der Waals surface area contributed by atoms with Gasteiger partial charge in [0.15, 0.2) is 11.2 Å². The van der Waals surface area contributed by atoms with E-state index in [1.807, 2.05) is 54.6 Å². The first-order valence-electron chi connectivity index (χ1n) is 12.3. The van der Waals surface area contributed by atoms with Crippen LogP contribution in [0.1, 0.15) is 40.2 Å². The molecule has 3 N–H and O–H groups in total. The number of hydrogen-bond acceptors (Lipinski definition) is 8. The van der Waals surface area contributed by atoms with E-state index in [-0.39, 0.29) is 0 Å². The Morgan fingerprint density at radius 1 is 0.895 bits per heavy atom. The van der Waals surface area contributed by atoms with E-state index in [1.165, 1.54) is 7.11 Å². The molecule has 1 aromatic heterocycles. The molecule has 0 spiro atoms. The maximum absolute atomic E-state index is 12.9. The van der Waals surface area contributed by atoms with Gasteiger partial charge in [0.1, 0.15) is 40.8 Å². The number of aromatic amines is 1. The zero-order chi connectivity index (χ0) is 26.7. The molecule has 1 fully saturated rings. The quantitative estimate of drug-likeness (QED) is 0.357. The molecule has 1 aliphatic carbocycles. The summed E-state index contributed by atoms with van der Waals surface area (Å²) < 4.78 is 23.5. The van der Waals surface area contributed by atoms with Crippen molar-refractivity contribution in [2.24, 2.45) is 0 Å². The molecule has 0 radical (unpaired) electrons. The molecule has 4 aromatic rings. The standard InChI is InChI=1S/C29H29N3O6/c1-16-30-27(32-31-16)23-24(17-8-6-5-7-9-17)29(18-10-12-19(35-2)13-11-18)28(34,26(23)33)25-21(37-4)14-20(36-3)15-22(25)38-29/h5-15,23-24,26,33-34H,1-4H3,(H,30,31,32). The Morgan fingerprint density at radius 3 is 2.21 bits per heavy atom. The van der Waals surface area contributed by atoms with Crippen LogP contribution >= 0.6 is 0 Å². The second kappa shape index (κ2) is 8.75. The van der Waals surface area contributed by atoms with Gasteiger partial charge in [-0.1, -0.05) is 42.5 Å². The van der Waals surface area contributed by atoms with Crippen LogP contribution in [0.15, 0.2) is 66.7 Å². The number of aromatic nitrogens is 3. The van der Waals surface area contributed by atoms with Gasteiger partial charge in [0, 0.05) is 18.1 Å². The summed E-state index contributed by atoms with van der Waals surface area (Å²) in [6, 6.07) is 20.4. The van der Waals surface area contributed by atoms with Crippen molar-refractivity contribution in [2.45, 2.75) is 36.1 Å². The van der Waals surface area contributed by atoms with Crippen LogP contribution in [0.4, 0.5) is 0 Å². The van der Waals surface area contributed by atoms with Gasteiger partial charge in [-0.25, -0.2) is 0 Å². The lowest BCUT2D eigenvalue weighted by Gasteiger charge is -2.40. The summed E-state index contributed by atoms with van der Waals surface area (Å²) in [6.07, 6.45) is -1.36. The fourth-order valence-corrected chi connectivity index (χ4v) is 6.32. The topological polar surface area (TPSA) is 119 Å². The van der Waals surface area contributed by atoms with Crippen LogP contribution in [0.5, 0.6) is 23.0 Å². The Morgan fingerprint density at radius 2 is 1.61 bits per heavy atom. The van der Waals surface area contributed by atoms with Crippen LogP contribution in [0, 0.1) is 6.92 Å². The van der Waals surface area contributed by atoms with Crippen LogP contribution in [0.2, 0.25) is 0 Å². The summed E-state index contributed by atoms with van der Waals surface area (Å²) in [6.45, 7) is 1.80. The largest absolute Gasteiger partial charge is 0.497 e. The third-order valence-corrected chi connectivity index (χ3v) is 7.89. The van der Waals surface area contributed by atoms with Crippen molar-refractivity contribution in [3.8, 4) is 23.0 Å². The van der Waals surface area contributed by atoms with Gasteiger partial charge in [0.2, 0.25) is 0 Å². The number of fused-ring (bicyclic) bond motifs is 3. The van der Waals surface area contributed by atoms with Gasteiger partial charge < -0.3 is 34.1 Å².